The number of hydrogen-bond acceptors (Lipinski definition) is 2. The average Bonchev–Trinajstić information content (AvgIpc) is 2.39. The molecule has 4 heteroatoms. The number of carbonyl (C=O) groups is 2. The van der Waals surface area contributed by atoms with E-state index < -0.39 is 11.9 Å². The minimum absolute atomic E-state index is 0.0959. The van der Waals surface area contributed by atoms with E-state index in [1.54, 1.807) is 0 Å². The predicted molar refractivity (Wildman–Crippen MR) is 38.0 cm³/mol. The molecule has 2 N–H and O–H groups in total. The molecule has 0 bridgehead atoms. The van der Waals surface area contributed by atoms with Crippen molar-refractivity contribution in [1.29, 1.82) is 0 Å². The zero-order valence-electron chi connectivity index (χ0n) is 6.17. The van der Waals surface area contributed by atoms with Crippen LogP contribution in [0.2, 0.25) is 0 Å². The molecule has 1 aliphatic carbocycles. The molecule has 1 fully saturated rings. The largest absolute Gasteiger partial charge is 0.474 e. The quantitative estimate of drug-likeness (QED) is 0.531. The molecule has 0 aromatic heterocycles. The number of nitrogens with one attached hydrogen (secondary N) is 1. The lowest BCUT2D eigenvalue weighted by atomic mass is 10.2. The molecule has 0 spiro atoms. The van der Waals surface area contributed by atoms with Gasteiger partial charge in [0.25, 0.3) is 0 Å². The molecule has 1 rings (SSSR count). The fourth-order valence-corrected chi connectivity index (χ4v) is 1.32. The van der Waals surface area contributed by atoms with E-state index in [0.717, 1.165) is 25.7 Å². The molecule has 0 atom stereocenters. The Morgan fingerprint density at radius 1 is 1.27 bits per heavy atom. The van der Waals surface area contributed by atoms with Gasteiger partial charge in [-0.15, -0.1) is 0 Å². The van der Waals surface area contributed by atoms with Crippen LogP contribution in [0.15, 0.2) is 0 Å². The van der Waals surface area contributed by atoms with E-state index in [0.29, 0.717) is 0 Å². The molecule has 0 radical (unpaired) electrons. The van der Waals surface area contributed by atoms with Gasteiger partial charge in [0.05, 0.1) is 0 Å². The highest BCUT2D eigenvalue weighted by Gasteiger charge is 2.20. The Hall–Kier alpha value is -1.06. The van der Waals surface area contributed by atoms with Crippen LogP contribution in [0.5, 0.6) is 0 Å². The molecule has 0 aliphatic heterocycles. The number of carboxylic acids is 1. The molecule has 1 amide bonds. The van der Waals surface area contributed by atoms with Gasteiger partial charge in [0.1, 0.15) is 0 Å². The molecule has 11 heavy (non-hydrogen) atoms. The summed E-state index contributed by atoms with van der Waals surface area (Å²) in [6.07, 6.45) is 4.01. The summed E-state index contributed by atoms with van der Waals surface area (Å²) < 4.78 is 0. The van der Waals surface area contributed by atoms with Crippen molar-refractivity contribution in [2.45, 2.75) is 31.7 Å². The van der Waals surface area contributed by atoms with E-state index >= 15 is 0 Å². The van der Waals surface area contributed by atoms with Crippen LogP contribution >= 0.6 is 0 Å². The molecular weight excluding hydrogens is 146 g/mol. The van der Waals surface area contributed by atoms with E-state index in [-0.39, 0.29) is 6.04 Å². The zero-order valence-corrected chi connectivity index (χ0v) is 6.17. The first-order chi connectivity index (χ1) is 5.20. The topological polar surface area (TPSA) is 66.4 Å². The smallest absolute Gasteiger partial charge is 0.394 e. The van der Waals surface area contributed by atoms with Crippen LogP contribution in [0, 0.1) is 0 Å². The fraction of sp³-hybridized carbons (Fsp3) is 0.714. The Balaban J connectivity index is 2.29. The van der Waals surface area contributed by atoms with Crippen molar-refractivity contribution in [2.24, 2.45) is 0 Å². The molecule has 0 aromatic rings. The Morgan fingerprint density at radius 3 is 2.27 bits per heavy atom. The molecule has 0 heterocycles. The van der Waals surface area contributed by atoms with Crippen molar-refractivity contribution in [2.75, 3.05) is 0 Å². The van der Waals surface area contributed by atoms with Gasteiger partial charge in [-0.2, -0.15) is 0 Å². The fourth-order valence-electron chi connectivity index (χ4n) is 1.32. The maximum Gasteiger partial charge on any atom is 0.394 e. The van der Waals surface area contributed by atoms with E-state index in [9.17, 15) is 9.59 Å². The van der Waals surface area contributed by atoms with Crippen LogP contribution in [0.4, 0.5) is 0 Å². The van der Waals surface area contributed by atoms with Gasteiger partial charge in [-0.25, -0.2) is 4.79 Å². The van der Waals surface area contributed by atoms with Gasteiger partial charge in [0.15, 0.2) is 0 Å². The minimum atomic E-state index is -1.39. The predicted octanol–water partition coefficient (Wildman–Crippen LogP) is 0.130. The van der Waals surface area contributed by atoms with Crippen molar-refractivity contribution < 1.29 is 14.7 Å². The molecular formula is C7H11NO3. The maximum absolute atomic E-state index is 10.6. The summed E-state index contributed by atoms with van der Waals surface area (Å²) in [5.74, 6) is -2.27. The second kappa shape index (κ2) is 3.37. The molecule has 62 valence electrons. The first-order valence-corrected chi connectivity index (χ1v) is 3.74. The summed E-state index contributed by atoms with van der Waals surface area (Å²) in [5, 5.41) is 10.7. The summed E-state index contributed by atoms with van der Waals surface area (Å²) in [5.41, 5.74) is 0. The number of carbonyl (C=O) groups excluding carboxylic acids is 1. The van der Waals surface area contributed by atoms with E-state index in [2.05, 4.69) is 5.32 Å². The highest BCUT2D eigenvalue weighted by atomic mass is 16.4. The van der Waals surface area contributed by atoms with Crippen LogP contribution in [-0.2, 0) is 9.59 Å². The van der Waals surface area contributed by atoms with E-state index in [1.807, 2.05) is 0 Å². The standard InChI is InChI=1S/C7H11NO3/c9-6(7(10)11)8-5-3-1-2-4-5/h5H,1-4H2,(H,8,9)(H,10,11). The van der Waals surface area contributed by atoms with Crippen molar-refractivity contribution in [1.82, 2.24) is 5.32 Å². The summed E-state index contributed by atoms with van der Waals surface area (Å²) >= 11 is 0. The number of rotatable bonds is 1. The Labute approximate surface area is 64.6 Å². The van der Waals surface area contributed by atoms with Gasteiger partial charge in [0, 0.05) is 6.04 Å². The molecule has 0 saturated heterocycles. The second-order valence-corrected chi connectivity index (χ2v) is 2.76. The lowest BCUT2D eigenvalue weighted by molar-refractivity contribution is -0.150. The summed E-state index contributed by atoms with van der Waals surface area (Å²) in [7, 11) is 0. The van der Waals surface area contributed by atoms with Gasteiger partial charge < -0.3 is 10.4 Å². The first-order valence-electron chi connectivity index (χ1n) is 3.74. The first kappa shape index (κ1) is 8.04. The normalized spacial score (nSPS) is 18.2. The zero-order chi connectivity index (χ0) is 8.27. The van der Waals surface area contributed by atoms with Gasteiger partial charge in [0.2, 0.25) is 0 Å². The highest BCUT2D eigenvalue weighted by Crippen LogP contribution is 2.17. The summed E-state index contributed by atoms with van der Waals surface area (Å²) in [6.45, 7) is 0. The maximum atomic E-state index is 10.6. The Kier molecular flexibility index (Phi) is 2.46. The van der Waals surface area contributed by atoms with E-state index in [4.69, 9.17) is 5.11 Å². The van der Waals surface area contributed by atoms with Gasteiger partial charge >= 0.3 is 11.9 Å². The molecule has 0 unspecified atom stereocenters. The molecule has 0 aromatic carbocycles. The van der Waals surface area contributed by atoms with Crippen LogP contribution < -0.4 is 5.32 Å². The summed E-state index contributed by atoms with van der Waals surface area (Å²) in [6, 6.07) is 0.0959. The lowest BCUT2D eigenvalue weighted by Crippen LogP contribution is -2.37. The van der Waals surface area contributed by atoms with Gasteiger partial charge in [-0.05, 0) is 12.8 Å². The summed E-state index contributed by atoms with van der Waals surface area (Å²) in [4.78, 5) is 20.7. The third kappa shape index (κ3) is 2.22. The SMILES string of the molecule is O=C(O)C(=O)NC1CCCC1. The van der Waals surface area contributed by atoms with E-state index in [1.165, 1.54) is 0 Å². The Morgan fingerprint density at radius 2 is 1.82 bits per heavy atom. The molecule has 1 aliphatic rings. The second-order valence-electron chi connectivity index (χ2n) is 2.76. The van der Waals surface area contributed by atoms with Crippen molar-refractivity contribution in [3.63, 3.8) is 0 Å². The molecule has 4 nitrogen and oxygen atoms in total. The number of hydrogen-bond donors (Lipinski definition) is 2. The number of amides is 1. The minimum Gasteiger partial charge on any atom is -0.474 e. The van der Waals surface area contributed by atoms with Crippen LogP contribution in [0.1, 0.15) is 25.7 Å². The van der Waals surface area contributed by atoms with Crippen LogP contribution in [-0.4, -0.2) is 23.0 Å². The molecule has 1 saturated carbocycles. The van der Waals surface area contributed by atoms with Gasteiger partial charge in [-0.3, -0.25) is 4.79 Å². The van der Waals surface area contributed by atoms with Crippen LogP contribution in [0.25, 0.3) is 0 Å². The van der Waals surface area contributed by atoms with Crippen molar-refractivity contribution in [3.8, 4) is 0 Å². The van der Waals surface area contributed by atoms with Crippen LogP contribution in [0.3, 0.4) is 0 Å². The monoisotopic (exact) mass is 157 g/mol. The third-order valence-corrected chi connectivity index (χ3v) is 1.88. The van der Waals surface area contributed by atoms with Crippen molar-refractivity contribution in [3.05, 3.63) is 0 Å². The van der Waals surface area contributed by atoms with Crippen molar-refractivity contribution >= 4 is 11.9 Å². The van der Waals surface area contributed by atoms with Gasteiger partial charge in [-0.1, -0.05) is 12.8 Å². The Bertz CT molecular complexity index is 173. The number of aliphatic carboxylic acids is 1. The average molecular weight is 157 g/mol. The highest BCUT2D eigenvalue weighted by molar-refractivity contribution is 6.31. The number of carboxylic acid groups (broad SMARTS) is 1. The third-order valence-electron chi connectivity index (χ3n) is 1.88. The lowest BCUT2D eigenvalue weighted by Gasteiger charge is -2.08.